The van der Waals surface area contributed by atoms with E-state index in [0.29, 0.717) is 5.41 Å². The number of likely N-dealkylation sites (tertiary alicyclic amines) is 1. The lowest BCUT2D eigenvalue weighted by molar-refractivity contribution is -0.274. The quantitative estimate of drug-likeness (QED) is 0.800. The van der Waals surface area contributed by atoms with Crippen LogP contribution >= 0.6 is 0 Å². The molecule has 1 aliphatic heterocycles. The van der Waals surface area contributed by atoms with Gasteiger partial charge in [-0.25, -0.2) is 0 Å². The molecule has 3 rings (SSSR count). The number of alkyl halides is 3. The highest BCUT2D eigenvalue weighted by Crippen LogP contribution is 2.48. The van der Waals surface area contributed by atoms with E-state index in [2.05, 4.69) is 16.6 Å². The van der Waals surface area contributed by atoms with E-state index in [4.69, 9.17) is 0 Å². The second-order valence-corrected chi connectivity index (χ2v) is 8.13. The van der Waals surface area contributed by atoms with Crippen LogP contribution in [0.4, 0.5) is 13.2 Å². The highest BCUT2D eigenvalue weighted by Gasteiger charge is 2.44. The molecule has 0 radical (unpaired) electrons. The molecular formula is C20H28F3NO2. The van der Waals surface area contributed by atoms with Crippen molar-refractivity contribution in [3.63, 3.8) is 0 Å². The Morgan fingerprint density at radius 2 is 1.73 bits per heavy atom. The molecule has 1 saturated carbocycles. The minimum atomic E-state index is -4.65. The van der Waals surface area contributed by atoms with E-state index in [1.54, 1.807) is 12.1 Å². The molecule has 1 aromatic rings. The molecule has 0 amide bonds. The fourth-order valence-electron chi connectivity index (χ4n) is 4.59. The summed E-state index contributed by atoms with van der Waals surface area (Å²) < 4.78 is 40.6. The molecule has 146 valence electrons. The first-order valence-electron chi connectivity index (χ1n) is 9.50. The predicted molar refractivity (Wildman–Crippen MR) is 93.8 cm³/mol. The Bertz CT molecular complexity index is 592. The maximum atomic E-state index is 12.2. The lowest BCUT2D eigenvalue weighted by Gasteiger charge is -2.42. The Hall–Kier alpha value is -1.27. The zero-order valence-corrected chi connectivity index (χ0v) is 15.3. The van der Waals surface area contributed by atoms with Gasteiger partial charge in [0.1, 0.15) is 5.75 Å². The van der Waals surface area contributed by atoms with Gasteiger partial charge in [0.05, 0.1) is 5.60 Å². The molecule has 1 spiro atoms. The van der Waals surface area contributed by atoms with Gasteiger partial charge in [0, 0.05) is 13.1 Å². The molecule has 2 aliphatic rings. The molecule has 6 heteroatoms. The standard InChI is InChI=1S/C20H28F3NO2/c1-2-7-19(25)10-8-18(9-11-19)12-13-24(15-18)14-16-3-5-17(6-4-16)26-20(21,22)23/h3-6,25H,2,7-15H2,1H3. The van der Waals surface area contributed by atoms with E-state index >= 15 is 0 Å². The van der Waals surface area contributed by atoms with Gasteiger partial charge in [-0.2, -0.15) is 0 Å². The molecule has 0 bridgehead atoms. The van der Waals surface area contributed by atoms with Gasteiger partial charge in [0.2, 0.25) is 0 Å². The number of ether oxygens (including phenoxy) is 1. The maximum absolute atomic E-state index is 12.2. The average molecular weight is 371 g/mol. The van der Waals surface area contributed by atoms with Crippen molar-refractivity contribution in [1.29, 1.82) is 0 Å². The summed E-state index contributed by atoms with van der Waals surface area (Å²) in [6.07, 6.45) is 2.31. The average Bonchev–Trinajstić information content (AvgIpc) is 2.95. The second kappa shape index (κ2) is 7.39. The van der Waals surface area contributed by atoms with Crippen LogP contribution in [0.5, 0.6) is 5.75 Å². The number of benzene rings is 1. The number of nitrogens with zero attached hydrogens (tertiary/aromatic N) is 1. The Labute approximate surface area is 153 Å². The number of hydrogen-bond donors (Lipinski definition) is 1. The summed E-state index contributed by atoms with van der Waals surface area (Å²) in [6, 6.07) is 6.15. The number of hydrogen-bond acceptors (Lipinski definition) is 3. The fourth-order valence-corrected chi connectivity index (χ4v) is 4.59. The van der Waals surface area contributed by atoms with E-state index in [9.17, 15) is 18.3 Å². The van der Waals surface area contributed by atoms with E-state index in [1.165, 1.54) is 12.1 Å². The first kappa shape index (κ1) is 19.5. The van der Waals surface area contributed by atoms with Crippen LogP contribution in [-0.4, -0.2) is 35.1 Å². The lowest BCUT2D eigenvalue weighted by Crippen LogP contribution is -2.40. The van der Waals surface area contributed by atoms with E-state index < -0.39 is 12.0 Å². The topological polar surface area (TPSA) is 32.7 Å². The first-order chi connectivity index (χ1) is 12.2. The molecule has 2 fully saturated rings. The van der Waals surface area contributed by atoms with Crippen molar-refractivity contribution in [2.24, 2.45) is 5.41 Å². The van der Waals surface area contributed by atoms with Gasteiger partial charge >= 0.3 is 6.36 Å². The zero-order chi connectivity index (χ0) is 18.8. The molecule has 1 heterocycles. The largest absolute Gasteiger partial charge is 0.573 e. The van der Waals surface area contributed by atoms with Crippen LogP contribution in [0.1, 0.15) is 57.4 Å². The second-order valence-electron chi connectivity index (χ2n) is 8.13. The Balaban J connectivity index is 1.52. The third-order valence-electron chi connectivity index (χ3n) is 6.04. The van der Waals surface area contributed by atoms with Crippen LogP contribution in [0.2, 0.25) is 0 Å². The van der Waals surface area contributed by atoms with Gasteiger partial charge in [0.25, 0.3) is 0 Å². The number of aliphatic hydroxyl groups is 1. The minimum Gasteiger partial charge on any atom is -0.406 e. The number of rotatable bonds is 5. The van der Waals surface area contributed by atoms with Gasteiger partial charge in [-0.1, -0.05) is 25.5 Å². The predicted octanol–water partition coefficient (Wildman–Crippen LogP) is 4.88. The van der Waals surface area contributed by atoms with Gasteiger partial charge in [-0.05, 0) is 68.2 Å². The highest BCUT2D eigenvalue weighted by atomic mass is 19.4. The Morgan fingerprint density at radius 1 is 1.08 bits per heavy atom. The molecule has 0 unspecified atom stereocenters. The van der Waals surface area contributed by atoms with Crippen LogP contribution in [-0.2, 0) is 6.54 Å². The van der Waals surface area contributed by atoms with Crippen molar-refractivity contribution in [3.05, 3.63) is 29.8 Å². The van der Waals surface area contributed by atoms with Crippen molar-refractivity contribution >= 4 is 0 Å². The molecule has 3 nitrogen and oxygen atoms in total. The molecule has 1 saturated heterocycles. The van der Waals surface area contributed by atoms with E-state index in [1.807, 2.05) is 0 Å². The molecular weight excluding hydrogens is 343 g/mol. The summed E-state index contributed by atoms with van der Waals surface area (Å²) in [5, 5.41) is 10.6. The van der Waals surface area contributed by atoms with Crippen molar-refractivity contribution in [1.82, 2.24) is 4.90 Å². The van der Waals surface area contributed by atoms with Crippen LogP contribution < -0.4 is 4.74 Å². The lowest BCUT2D eigenvalue weighted by atomic mass is 9.67. The van der Waals surface area contributed by atoms with Crippen molar-refractivity contribution in [2.45, 2.75) is 70.4 Å². The van der Waals surface area contributed by atoms with Gasteiger partial charge < -0.3 is 9.84 Å². The summed E-state index contributed by atoms with van der Waals surface area (Å²) in [5.74, 6) is -0.179. The highest BCUT2D eigenvalue weighted by molar-refractivity contribution is 5.27. The van der Waals surface area contributed by atoms with E-state index in [0.717, 1.165) is 70.1 Å². The van der Waals surface area contributed by atoms with Gasteiger partial charge in [-0.3, -0.25) is 4.90 Å². The van der Waals surface area contributed by atoms with Gasteiger partial charge in [-0.15, -0.1) is 13.2 Å². The maximum Gasteiger partial charge on any atom is 0.573 e. The fraction of sp³-hybridized carbons (Fsp3) is 0.700. The molecule has 26 heavy (non-hydrogen) atoms. The number of halogens is 3. The zero-order valence-electron chi connectivity index (χ0n) is 15.3. The van der Waals surface area contributed by atoms with Crippen LogP contribution in [0.3, 0.4) is 0 Å². The smallest absolute Gasteiger partial charge is 0.406 e. The van der Waals surface area contributed by atoms with Crippen LogP contribution in [0, 0.1) is 5.41 Å². The Morgan fingerprint density at radius 3 is 2.31 bits per heavy atom. The first-order valence-corrected chi connectivity index (χ1v) is 9.50. The normalized spacial score (nSPS) is 30.0. The Kier molecular flexibility index (Phi) is 5.54. The monoisotopic (exact) mass is 371 g/mol. The van der Waals surface area contributed by atoms with Crippen LogP contribution in [0.25, 0.3) is 0 Å². The third-order valence-corrected chi connectivity index (χ3v) is 6.04. The third kappa shape index (κ3) is 4.92. The summed E-state index contributed by atoms with van der Waals surface area (Å²) in [7, 11) is 0. The molecule has 0 aromatic heterocycles. The molecule has 0 atom stereocenters. The SMILES string of the molecule is CCCC1(O)CCC2(CCN(Cc3ccc(OC(F)(F)F)cc3)C2)CC1. The van der Waals surface area contributed by atoms with Crippen LogP contribution in [0.15, 0.2) is 24.3 Å². The van der Waals surface area contributed by atoms with Crippen molar-refractivity contribution in [3.8, 4) is 5.75 Å². The summed E-state index contributed by atoms with van der Waals surface area (Å²) in [5.41, 5.74) is 0.830. The minimum absolute atomic E-state index is 0.179. The van der Waals surface area contributed by atoms with Crippen molar-refractivity contribution < 1.29 is 23.0 Å². The molecule has 1 aromatic carbocycles. The summed E-state index contributed by atoms with van der Waals surface area (Å²) in [4.78, 5) is 2.38. The summed E-state index contributed by atoms with van der Waals surface area (Å²) >= 11 is 0. The van der Waals surface area contributed by atoms with Crippen molar-refractivity contribution in [2.75, 3.05) is 13.1 Å². The summed E-state index contributed by atoms with van der Waals surface area (Å²) in [6.45, 7) is 4.88. The molecule has 1 aliphatic carbocycles. The molecule has 1 N–H and O–H groups in total. The van der Waals surface area contributed by atoms with Gasteiger partial charge in [0.15, 0.2) is 0 Å². The van der Waals surface area contributed by atoms with E-state index in [-0.39, 0.29) is 5.75 Å².